The first-order valence-corrected chi connectivity index (χ1v) is 8.98. The van der Waals surface area contributed by atoms with Crippen molar-refractivity contribution in [1.82, 2.24) is 4.90 Å². The van der Waals surface area contributed by atoms with E-state index in [2.05, 4.69) is 99.5 Å². The van der Waals surface area contributed by atoms with Gasteiger partial charge >= 0.3 is 0 Å². The largest absolute Gasteiger partial charge is 0.368 e. The van der Waals surface area contributed by atoms with E-state index in [1.807, 2.05) is 7.11 Å². The average molecular weight is 338 g/mol. The van der Waals surface area contributed by atoms with Gasteiger partial charge in [0, 0.05) is 26.1 Å². The fraction of sp³-hybridized carbons (Fsp3) is 0.391. The highest BCUT2D eigenvalue weighted by Crippen LogP contribution is 2.40. The van der Waals surface area contributed by atoms with E-state index in [1.54, 1.807) is 0 Å². The van der Waals surface area contributed by atoms with Gasteiger partial charge in [-0.25, -0.2) is 0 Å². The third-order valence-electron chi connectivity index (χ3n) is 4.82. The summed E-state index contributed by atoms with van der Waals surface area (Å²) in [5.74, 6) is 0.290. The summed E-state index contributed by atoms with van der Waals surface area (Å²) >= 11 is 0. The van der Waals surface area contributed by atoms with Crippen LogP contribution in [0.25, 0.3) is 0 Å². The Labute approximate surface area is 153 Å². The Morgan fingerprint density at radius 1 is 1.00 bits per heavy atom. The number of nitrogens with zero attached hydrogens (tertiary/aromatic N) is 1. The molecule has 0 radical (unpaired) electrons. The summed E-state index contributed by atoms with van der Waals surface area (Å²) in [7, 11) is 4.00. The maximum atomic E-state index is 6.26. The van der Waals surface area contributed by atoms with Crippen LogP contribution in [0.1, 0.15) is 31.9 Å². The molecule has 0 aliphatic heterocycles. The van der Waals surface area contributed by atoms with Crippen LogP contribution >= 0.6 is 0 Å². The van der Waals surface area contributed by atoms with Crippen LogP contribution in [0, 0.1) is 5.92 Å². The predicted molar refractivity (Wildman–Crippen MR) is 107 cm³/mol. The molecule has 134 valence electrons. The van der Waals surface area contributed by atoms with Gasteiger partial charge in [0.05, 0.1) is 0 Å². The summed E-state index contributed by atoms with van der Waals surface area (Å²) in [5, 5.41) is 0. The van der Waals surface area contributed by atoms with Crippen LogP contribution in [0.5, 0.6) is 0 Å². The molecular formula is C23H31NO. The summed E-state index contributed by atoms with van der Waals surface area (Å²) in [4.78, 5) is 2.36. The van der Waals surface area contributed by atoms with Crippen LogP contribution in [0.3, 0.4) is 0 Å². The summed E-state index contributed by atoms with van der Waals surface area (Å²) in [6, 6.07) is 21.1. The SMILES string of the molecule is COC(c1ccccc1)(c1ccccc1)C(C)CN(C)CC=C(C)C. The Morgan fingerprint density at radius 3 is 1.88 bits per heavy atom. The van der Waals surface area contributed by atoms with Gasteiger partial charge in [0.2, 0.25) is 0 Å². The van der Waals surface area contributed by atoms with Gasteiger partial charge in [-0.2, -0.15) is 0 Å². The smallest absolute Gasteiger partial charge is 0.121 e. The van der Waals surface area contributed by atoms with E-state index < -0.39 is 5.60 Å². The molecule has 0 aliphatic rings. The summed E-state index contributed by atoms with van der Waals surface area (Å²) < 4.78 is 6.26. The highest BCUT2D eigenvalue weighted by Gasteiger charge is 2.40. The molecule has 1 atom stereocenters. The van der Waals surface area contributed by atoms with Gasteiger partial charge in [0.15, 0.2) is 0 Å². The predicted octanol–water partition coefficient (Wildman–Crippen LogP) is 5.11. The van der Waals surface area contributed by atoms with E-state index in [0.29, 0.717) is 0 Å². The summed E-state index contributed by atoms with van der Waals surface area (Å²) in [6.45, 7) is 8.47. The molecule has 0 saturated carbocycles. The van der Waals surface area contributed by atoms with E-state index in [0.717, 1.165) is 13.1 Å². The molecule has 0 aliphatic carbocycles. The molecule has 2 heteroatoms. The highest BCUT2D eigenvalue weighted by molar-refractivity contribution is 5.37. The number of rotatable bonds is 8. The molecule has 2 aromatic rings. The third kappa shape index (κ3) is 4.59. The Kier molecular flexibility index (Phi) is 6.98. The molecular weight excluding hydrogens is 306 g/mol. The van der Waals surface area contributed by atoms with E-state index in [-0.39, 0.29) is 5.92 Å². The minimum atomic E-state index is -0.457. The fourth-order valence-corrected chi connectivity index (χ4v) is 3.55. The average Bonchev–Trinajstić information content (AvgIpc) is 2.63. The quantitative estimate of drug-likeness (QED) is 0.621. The van der Waals surface area contributed by atoms with Gasteiger partial charge in [-0.15, -0.1) is 0 Å². The second-order valence-electron chi connectivity index (χ2n) is 7.08. The van der Waals surface area contributed by atoms with Crippen molar-refractivity contribution in [2.45, 2.75) is 26.4 Å². The fourth-order valence-electron chi connectivity index (χ4n) is 3.55. The monoisotopic (exact) mass is 337 g/mol. The lowest BCUT2D eigenvalue weighted by Crippen LogP contribution is -2.42. The molecule has 2 nitrogen and oxygen atoms in total. The van der Waals surface area contributed by atoms with Crippen molar-refractivity contribution in [2.75, 3.05) is 27.2 Å². The number of methoxy groups -OCH3 is 1. The number of ether oxygens (including phenoxy) is 1. The number of hydrogen-bond donors (Lipinski definition) is 0. The van der Waals surface area contributed by atoms with E-state index in [1.165, 1.54) is 16.7 Å². The van der Waals surface area contributed by atoms with Gasteiger partial charge in [0.25, 0.3) is 0 Å². The zero-order chi connectivity index (χ0) is 18.3. The topological polar surface area (TPSA) is 12.5 Å². The summed E-state index contributed by atoms with van der Waals surface area (Å²) in [5.41, 5.74) is 3.30. The molecule has 0 spiro atoms. The first-order chi connectivity index (χ1) is 12.0. The number of benzene rings is 2. The Balaban J connectivity index is 2.39. The van der Waals surface area contributed by atoms with Gasteiger partial charge in [-0.1, -0.05) is 79.2 Å². The second-order valence-corrected chi connectivity index (χ2v) is 7.08. The third-order valence-corrected chi connectivity index (χ3v) is 4.82. The van der Waals surface area contributed by atoms with Crippen LogP contribution in [0.15, 0.2) is 72.3 Å². The van der Waals surface area contributed by atoms with Crippen molar-refractivity contribution in [3.05, 3.63) is 83.4 Å². The van der Waals surface area contributed by atoms with Crippen molar-refractivity contribution < 1.29 is 4.74 Å². The lowest BCUT2D eigenvalue weighted by Gasteiger charge is -2.40. The number of likely N-dealkylation sites (N-methyl/N-ethyl adjacent to an activating group) is 1. The zero-order valence-corrected chi connectivity index (χ0v) is 16.2. The van der Waals surface area contributed by atoms with Crippen LogP contribution < -0.4 is 0 Å². The van der Waals surface area contributed by atoms with Crippen LogP contribution in [0.2, 0.25) is 0 Å². The van der Waals surface area contributed by atoms with Crippen molar-refractivity contribution in [3.8, 4) is 0 Å². The van der Waals surface area contributed by atoms with Gasteiger partial charge in [-0.05, 0) is 32.0 Å². The lowest BCUT2D eigenvalue weighted by molar-refractivity contribution is -0.0315. The normalized spacial score (nSPS) is 12.9. The van der Waals surface area contributed by atoms with E-state index >= 15 is 0 Å². The molecule has 0 aromatic heterocycles. The number of hydrogen-bond acceptors (Lipinski definition) is 2. The molecule has 2 rings (SSSR count). The standard InChI is InChI=1S/C23H31NO/c1-19(2)16-17-24(4)18-20(3)23(25-5,21-12-8-6-9-13-21)22-14-10-7-11-15-22/h6-16,20H,17-18H2,1-5H3. The summed E-state index contributed by atoms with van der Waals surface area (Å²) in [6.07, 6.45) is 2.27. The van der Waals surface area contributed by atoms with Crippen LogP contribution in [0.4, 0.5) is 0 Å². The molecule has 25 heavy (non-hydrogen) atoms. The molecule has 1 unspecified atom stereocenters. The van der Waals surface area contributed by atoms with E-state index in [4.69, 9.17) is 4.74 Å². The highest BCUT2D eigenvalue weighted by atomic mass is 16.5. The molecule has 0 bridgehead atoms. The Hall–Kier alpha value is -1.90. The van der Waals surface area contributed by atoms with Crippen LogP contribution in [-0.4, -0.2) is 32.1 Å². The van der Waals surface area contributed by atoms with Crippen molar-refractivity contribution in [1.29, 1.82) is 0 Å². The maximum Gasteiger partial charge on any atom is 0.121 e. The maximum absolute atomic E-state index is 6.26. The van der Waals surface area contributed by atoms with Gasteiger partial charge < -0.3 is 9.64 Å². The van der Waals surface area contributed by atoms with E-state index in [9.17, 15) is 0 Å². The molecule has 0 saturated heterocycles. The van der Waals surface area contributed by atoms with Gasteiger partial charge in [0.1, 0.15) is 5.60 Å². The van der Waals surface area contributed by atoms with Crippen molar-refractivity contribution in [3.63, 3.8) is 0 Å². The Morgan fingerprint density at radius 2 is 1.48 bits per heavy atom. The van der Waals surface area contributed by atoms with Crippen molar-refractivity contribution in [2.24, 2.45) is 5.92 Å². The molecule has 0 N–H and O–H groups in total. The Bertz CT molecular complexity index is 620. The molecule has 0 heterocycles. The first-order valence-electron chi connectivity index (χ1n) is 8.98. The first kappa shape index (κ1) is 19.4. The minimum absolute atomic E-state index is 0.290. The zero-order valence-electron chi connectivity index (χ0n) is 16.2. The lowest BCUT2D eigenvalue weighted by atomic mass is 9.76. The van der Waals surface area contributed by atoms with Gasteiger partial charge in [-0.3, -0.25) is 0 Å². The second kappa shape index (κ2) is 8.98. The molecule has 0 amide bonds. The molecule has 2 aromatic carbocycles. The minimum Gasteiger partial charge on any atom is -0.368 e. The number of allylic oxidation sites excluding steroid dienone is 1. The van der Waals surface area contributed by atoms with Crippen LogP contribution in [-0.2, 0) is 10.3 Å². The molecule has 0 fully saturated rings. The van der Waals surface area contributed by atoms with Crippen molar-refractivity contribution >= 4 is 0 Å².